The summed E-state index contributed by atoms with van der Waals surface area (Å²) in [4.78, 5) is 2.61. The average Bonchev–Trinajstić information content (AvgIpc) is 2.48. The van der Waals surface area contributed by atoms with Gasteiger partial charge in [-0.15, -0.1) is 0 Å². The Balaban J connectivity index is 1.78. The average molecular weight is 276 g/mol. The van der Waals surface area contributed by atoms with Crippen molar-refractivity contribution in [3.05, 3.63) is 29.8 Å². The van der Waals surface area contributed by atoms with Crippen molar-refractivity contribution in [1.82, 2.24) is 10.2 Å². The Morgan fingerprint density at radius 1 is 1.30 bits per heavy atom. The van der Waals surface area contributed by atoms with Crippen LogP contribution in [0.5, 0.6) is 5.75 Å². The molecule has 1 aromatic rings. The van der Waals surface area contributed by atoms with Crippen LogP contribution in [-0.2, 0) is 0 Å². The molecule has 1 N–H and O–H groups in total. The molecule has 0 spiro atoms. The van der Waals surface area contributed by atoms with Gasteiger partial charge in [0, 0.05) is 12.6 Å². The molecule has 0 radical (unpaired) electrons. The fourth-order valence-corrected chi connectivity index (χ4v) is 2.98. The van der Waals surface area contributed by atoms with Gasteiger partial charge in [-0.2, -0.15) is 0 Å². The second kappa shape index (κ2) is 8.28. The van der Waals surface area contributed by atoms with Gasteiger partial charge < -0.3 is 10.1 Å². The third-order valence-electron chi connectivity index (χ3n) is 4.21. The number of piperidine rings is 1. The first kappa shape index (κ1) is 15.3. The highest BCUT2D eigenvalue weighted by Crippen LogP contribution is 2.20. The van der Waals surface area contributed by atoms with E-state index in [2.05, 4.69) is 35.3 Å². The molecule has 1 fully saturated rings. The lowest BCUT2D eigenvalue weighted by atomic mass is 9.99. The maximum Gasteiger partial charge on any atom is 0.122 e. The molecule has 20 heavy (non-hydrogen) atoms. The van der Waals surface area contributed by atoms with Crippen LogP contribution >= 0.6 is 0 Å². The van der Waals surface area contributed by atoms with E-state index < -0.39 is 0 Å². The zero-order valence-electron chi connectivity index (χ0n) is 12.9. The topological polar surface area (TPSA) is 24.5 Å². The van der Waals surface area contributed by atoms with Gasteiger partial charge in [0.1, 0.15) is 12.4 Å². The predicted octanol–water partition coefficient (Wildman–Crippen LogP) is 2.84. The van der Waals surface area contributed by atoms with Gasteiger partial charge in [0.25, 0.3) is 0 Å². The highest BCUT2D eigenvalue weighted by molar-refractivity contribution is 5.31. The summed E-state index contributed by atoms with van der Waals surface area (Å²) in [5, 5.41) is 3.27. The van der Waals surface area contributed by atoms with Gasteiger partial charge in [-0.25, -0.2) is 0 Å². The number of hydrogen-bond acceptors (Lipinski definition) is 3. The van der Waals surface area contributed by atoms with Crippen LogP contribution in [0, 0.1) is 6.92 Å². The summed E-state index contributed by atoms with van der Waals surface area (Å²) >= 11 is 0. The van der Waals surface area contributed by atoms with E-state index >= 15 is 0 Å². The molecule has 0 bridgehead atoms. The van der Waals surface area contributed by atoms with Crippen LogP contribution < -0.4 is 10.1 Å². The van der Waals surface area contributed by atoms with Gasteiger partial charge in [-0.3, -0.25) is 4.90 Å². The molecular formula is C17H28N2O. The molecule has 0 aliphatic carbocycles. The standard InChI is InChI=1S/C17H28N2O/c1-15-7-3-4-9-17(15)20-14-13-19-12-6-5-8-16(19)10-11-18-2/h3-4,7,9,16,18H,5-6,8,10-14H2,1-2H3. The summed E-state index contributed by atoms with van der Waals surface area (Å²) in [5.74, 6) is 1.02. The quantitative estimate of drug-likeness (QED) is 0.829. The first-order valence-corrected chi connectivity index (χ1v) is 7.88. The Kier molecular flexibility index (Phi) is 6.34. The van der Waals surface area contributed by atoms with E-state index in [1.807, 2.05) is 13.1 Å². The fraction of sp³-hybridized carbons (Fsp3) is 0.647. The van der Waals surface area contributed by atoms with Crippen molar-refractivity contribution in [3.8, 4) is 5.75 Å². The molecule has 1 heterocycles. The summed E-state index contributed by atoms with van der Waals surface area (Å²) in [6, 6.07) is 8.99. The highest BCUT2D eigenvalue weighted by atomic mass is 16.5. The number of aryl methyl sites for hydroxylation is 1. The van der Waals surface area contributed by atoms with E-state index in [-0.39, 0.29) is 0 Å². The number of rotatable bonds is 7. The number of hydrogen-bond donors (Lipinski definition) is 1. The monoisotopic (exact) mass is 276 g/mol. The normalized spacial score (nSPS) is 20.0. The van der Waals surface area contributed by atoms with Crippen molar-refractivity contribution in [2.45, 2.75) is 38.6 Å². The fourth-order valence-electron chi connectivity index (χ4n) is 2.98. The highest BCUT2D eigenvalue weighted by Gasteiger charge is 2.21. The van der Waals surface area contributed by atoms with Gasteiger partial charge in [-0.05, 0) is 58.0 Å². The third-order valence-corrected chi connectivity index (χ3v) is 4.21. The summed E-state index contributed by atoms with van der Waals surface area (Å²) < 4.78 is 5.94. The SMILES string of the molecule is CNCCC1CCCCN1CCOc1ccccc1C. The number of benzene rings is 1. The number of para-hydroxylation sites is 1. The van der Waals surface area contributed by atoms with Crippen molar-refractivity contribution < 1.29 is 4.74 Å². The van der Waals surface area contributed by atoms with Gasteiger partial charge >= 0.3 is 0 Å². The number of nitrogens with zero attached hydrogens (tertiary/aromatic N) is 1. The summed E-state index contributed by atoms with van der Waals surface area (Å²) in [7, 11) is 2.04. The Labute approximate surface area is 123 Å². The van der Waals surface area contributed by atoms with Gasteiger partial charge in [-0.1, -0.05) is 24.6 Å². The molecule has 1 aliphatic rings. The molecule has 1 unspecified atom stereocenters. The largest absolute Gasteiger partial charge is 0.492 e. The first-order chi connectivity index (χ1) is 9.81. The van der Waals surface area contributed by atoms with Gasteiger partial charge in [0.2, 0.25) is 0 Å². The summed E-state index contributed by atoms with van der Waals surface area (Å²) in [6.07, 6.45) is 5.30. The molecule has 112 valence electrons. The Bertz CT molecular complexity index is 394. The minimum absolute atomic E-state index is 0.733. The minimum atomic E-state index is 0.733. The molecule has 2 rings (SSSR count). The molecule has 3 heteroatoms. The van der Waals surface area contributed by atoms with Crippen molar-refractivity contribution >= 4 is 0 Å². The number of ether oxygens (including phenoxy) is 1. The Hall–Kier alpha value is -1.06. The van der Waals surface area contributed by atoms with E-state index in [1.54, 1.807) is 0 Å². The molecule has 3 nitrogen and oxygen atoms in total. The molecule has 0 saturated carbocycles. The van der Waals surface area contributed by atoms with Crippen LogP contribution in [0.25, 0.3) is 0 Å². The Morgan fingerprint density at radius 2 is 2.15 bits per heavy atom. The van der Waals surface area contributed by atoms with Crippen LogP contribution in [0.1, 0.15) is 31.2 Å². The summed E-state index contributed by atoms with van der Waals surface area (Å²) in [6.45, 7) is 6.28. The van der Waals surface area contributed by atoms with Crippen molar-refractivity contribution in [2.24, 2.45) is 0 Å². The van der Waals surface area contributed by atoms with Crippen LogP contribution in [0.2, 0.25) is 0 Å². The van der Waals surface area contributed by atoms with E-state index in [4.69, 9.17) is 4.74 Å². The smallest absolute Gasteiger partial charge is 0.122 e. The zero-order chi connectivity index (χ0) is 14.2. The van der Waals surface area contributed by atoms with E-state index in [0.717, 1.165) is 31.5 Å². The van der Waals surface area contributed by atoms with Crippen molar-refractivity contribution in [3.63, 3.8) is 0 Å². The first-order valence-electron chi connectivity index (χ1n) is 7.88. The minimum Gasteiger partial charge on any atom is -0.492 e. The van der Waals surface area contributed by atoms with Crippen molar-refractivity contribution in [2.75, 3.05) is 33.3 Å². The van der Waals surface area contributed by atoms with Crippen LogP contribution in [0.3, 0.4) is 0 Å². The zero-order valence-corrected chi connectivity index (χ0v) is 12.9. The van der Waals surface area contributed by atoms with E-state index in [0.29, 0.717) is 0 Å². The predicted molar refractivity (Wildman–Crippen MR) is 84.4 cm³/mol. The molecule has 0 aromatic heterocycles. The second-order valence-corrected chi connectivity index (χ2v) is 5.69. The Morgan fingerprint density at radius 3 is 2.95 bits per heavy atom. The maximum atomic E-state index is 5.94. The molecule has 1 aromatic carbocycles. The lowest BCUT2D eigenvalue weighted by Crippen LogP contribution is -2.43. The lowest BCUT2D eigenvalue weighted by molar-refractivity contribution is 0.117. The molecule has 1 atom stereocenters. The van der Waals surface area contributed by atoms with Gasteiger partial charge in [0.05, 0.1) is 0 Å². The second-order valence-electron chi connectivity index (χ2n) is 5.69. The van der Waals surface area contributed by atoms with Crippen molar-refractivity contribution in [1.29, 1.82) is 0 Å². The van der Waals surface area contributed by atoms with Crippen LogP contribution in [0.4, 0.5) is 0 Å². The summed E-state index contributed by atoms with van der Waals surface area (Å²) in [5.41, 5.74) is 1.22. The van der Waals surface area contributed by atoms with Gasteiger partial charge in [0.15, 0.2) is 0 Å². The van der Waals surface area contributed by atoms with E-state index in [1.165, 1.54) is 37.8 Å². The molecule has 1 saturated heterocycles. The maximum absolute atomic E-state index is 5.94. The molecule has 0 amide bonds. The number of nitrogens with one attached hydrogen (secondary N) is 1. The number of likely N-dealkylation sites (tertiary alicyclic amines) is 1. The van der Waals surface area contributed by atoms with Crippen LogP contribution in [-0.4, -0.2) is 44.2 Å². The van der Waals surface area contributed by atoms with E-state index in [9.17, 15) is 0 Å². The molecular weight excluding hydrogens is 248 g/mol. The lowest BCUT2D eigenvalue weighted by Gasteiger charge is -2.35. The third kappa shape index (κ3) is 4.50. The molecule has 1 aliphatic heterocycles. The van der Waals surface area contributed by atoms with Crippen LogP contribution in [0.15, 0.2) is 24.3 Å².